The summed E-state index contributed by atoms with van der Waals surface area (Å²) in [6, 6.07) is 19.3. The van der Waals surface area contributed by atoms with Gasteiger partial charge in [0.25, 0.3) is 15.9 Å². The minimum Gasteiger partial charge on any atom is -0.487 e. The first-order chi connectivity index (χ1) is 19.5. The van der Waals surface area contributed by atoms with Gasteiger partial charge >= 0.3 is 6.03 Å². The van der Waals surface area contributed by atoms with Crippen LogP contribution in [0.5, 0.6) is 5.75 Å². The number of aliphatic hydroxyl groups is 1. The molecule has 0 unspecified atom stereocenters. The van der Waals surface area contributed by atoms with Crippen LogP contribution in [0, 0.1) is 12.8 Å². The summed E-state index contributed by atoms with van der Waals surface area (Å²) in [7, 11) is -2.24. The molecule has 3 N–H and O–H groups in total. The Labute approximate surface area is 241 Å². The Kier molecular flexibility index (Phi) is 9.19. The molecule has 3 aromatic rings. The Hall–Kier alpha value is -4.09. The van der Waals surface area contributed by atoms with Crippen LogP contribution in [0.15, 0.2) is 77.7 Å². The topological polar surface area (TPSA) is 128 Å². The zero-order chi connectivity index (χ0) is 29.7. The molecular weight excluding hydrogens is 544 g/mol. The molecule has 3 atom stereocenters. The SMILES string of the molecule is Cc1ccc(S(=O)(=O)Nc2ccc3c(c2)C(=O)N([C@H](C)CO)C[C@H](C)[C@H](CN(C)C(=O)Nc2ccccc2)O3)cc1. The molecule has 0 fully saturated rings. The van der Waals surface area contributed by atoms with E-state index in [1.165, 1.54) is 29.2 Å². The van der Waals surface area contributed by atoms with Gasteiger partial charge in [-0.2, -0.15) is 0 Å². The van der Waals surface area contributed by atoms with E-state index in [0.29, 0.717) is 5.69 Å². The van der Waals surface area contributed by atoms with E-state index in [4.69, 9.17) is 4.74 Å². The second-order valence-electron chi connectivity index (χ2n) is 10.4. The van der Waals surface area contributed by atoms with Crippen molar-refractivity contribution >= 4 is 33.3 Å². The third-order valence-corrected chi connectivity index (χ3v) is 8.47. The largest absolute Gasteiger partial charge is 0.487 e. The highest BCUT2D eigenvalue weighted by Crippen LogP contribution is 2.31. The van der Waals surface area contributed by atoms with Gasteiger partial charge in [-0.3, -0.25) is 9.52 Å². The average Bonchev–Trinajstić information content (AvgIpc) is 2.95. The number of nitrogens with one attached hydrogen (secondary N) is 2. The molecule has 0 aromatic heterocycles. The molecule has 0 spiro atoms. The van der Waals surface area contributed by atoms with Crippen molar-refractivity contribution in [1.29, 1.82) is 0 Å². The van der Waals surface area contributed by atoms with Gasteiger partial charge in [-0.1, -0.05) is 42.8 Å². The maximum atomic E-state index is 13.7. The van der Waals surface area contributed by atoms with Crippen LogP contribution in [0.1, 0.15) is 29.8 Å². The summed E-state index contributed by atoms with van der Waals surface area (Å²) in [5, 5.41) is 12.8. The van der Waals surface area contributed by atoms with Gasteiger partial charge in [-0.05, 0) is 56.3 Å². The summed E-state index contributed by atoms with van der Waals surface area (Å²) >= 11 is 0. The molecule has 0 aliphatic carbocycles. The van der Waals surface area contributed by atoms with Crippen LogP contribution in [0.3, 0.4) is 0 Å². The lowest BCUT2D eigenvalue weighted by molar-refractivity contribution is 0.0371. The predicted octanol–water partition coefficient (Wildman–Crippen LogP) is 4.18. The highest BCUT2D eigenvalue weighted by Gasteiger charge is 2.34. The Morgan fingerprint density at radius 3 is 2.44 bits per heavy atom. The second-order valence-corrected chi connectivity index (χ2v) is 12.1. The monoisotopic (exact) mass is 580 g/mol. The number of carbonyl (C=O) groups is 2. The van der Waals surface area contributed by atoms with Crippen molar-refractivity contribution in [3.63, 3.8) is 0 Å². The van der Waals surface area contributed by atoms with Gasteiger partial charge in [-0.25, -0.2) is 13.2 Å². The predicted molar refractivity (Wildman–Crippen MR) is 158 cm³/mol. The second kappa shape index (κ2) is 12.6. The molecule has 11 heteroatoms. The smallest absolute Gasteiger partial charge is 0.321 e. The normalized spacial score (nSPS) is 17.9. The minimum atomic E-state index is -3.90. The Balaban J connectivity index is 1.62. The fourth-order valence-corrected chi connectivity index (χ4v) is 5.58. The summed E-state index contributed by atoms with van der Waals surface area (Å²) in [4.78, 5) is 29.7. The van der Waals surface area contributed by atoms with Crippen LogP contribution in [-0.4, -0.2) is 74.2 Å². The number of amides is 3. The van der Waals surface area contributed by atoms with Crippen molar-refractivity contribution in [2.24, 2.45) is 5.92 Å². The Morgan fingerprint density at radius 1 is 1.10 bits per heavy atom. The van der Waals surface area contributed by atoms with E-state index in [9.17, 15) is 23.1 Å². The van der Waals surface area contributed by atoms with Gasteiger partial charge in [0.1, 0.15) is 11.9 Å². The van der Waals surface area contributed by atoms with Crippen LogP contribution in [0.4, 0.5) is 16.2 Å². The van der Waals surface area contributed by atoms with Crippen molar-refractivity contribution in [3.8, 4) is 5.75 Å². The number of sulfonamides is 1. The first-order valence-corrected chi connectivity index (χ1v) is 14.9. The molecule has 0 saturated carbocycles. The highest BCUT2D eigenvalue weighted by atomic mass is 32.2. The molecule has 1 heterocycles. The van der Waals surface area contributed by atoms with Crippen molar-refractivity contribution < 1.29 is 27.9 Å². The number of fused-ring (bicyclic) bond motifs is 1. The Bertz CT molecular complexity index is 1480. The van der Waals surface area contributed by atoms with E-state index in [-0.39, 0.29) is 53.5 Å². The van der Waals surface area contributed by atoms with Crippen molar-refractivity contribution in [3.05, 3.63) is 83.9 Å². The van der Waals surface area contributed by atoms with Crippen LogP contribution in [0.25, 0.3) is 0 Å². The Morgan fingerprint density at radius 2 is 1.78 bits per heavy atom. The molecule has 4 rings (SSSR count). The standard InChI is InChI=1S/C30H36N4O6S/c1-20-10-13-25(14-11-20)41(38,39)32-24-12-15-27-26(16-24)29(36)34(22(3)19-35)17-21(2)28(40-27)18-33(4)30(37)31-23-8-6-5-7-9-23/h5-16,21-22,28,32,35H,17-19H2,1-4H3,(H,31,37)/t21-,22+,28-/m0/s1. The van der Waals surface area contributed by atoms with E-state index in [1.54, 1.807) is 49.2 Å². The van der Waals surface area contributed by atoms with Crippen LogP contribution in [-0.2, 0) is 10.0 Å². The van der Waals surface area contributed by atoms with E-state index >= 15 is 0 Å². The lowest BCUT2D eigenvalue weighted by Crippen LogP contribution is -2.50. The van der Waals surface area contributed by atoms with Gasteiger partial charge in [0.05, 0.1) is 29.7 Å². The number of aliphatic hydroxyl groups excluding tert-OH is 1. The van der Waals surface area contributed by atoms with Crippen LogP contribution >= 0.6 is 0 Å². The number of nitrogens with zero attached hydrogens (tertiary/aromatic N) is 2. The van der Waals surface area contributed by atoms with Gasteiger partial charge in [0.15, 0.2) is 0 Å². The maximum Gasteiger partial charge on any atom is 0.321 e. The molecule has 0 saturated heterocycles. The number of benzene rings is 3. The highest BCUT2D eigenvalue weighted by molar-refractivity contribution is 7.92. The lowest BCUT2D eigenvalue weighted by atomic mass is 9.99. The first-order valence-electron chi connectivity index (χ1n) is 13.4. The number of anilines is 2. The fraction of sp³-hybridized carbons (Fsp3) is 0.333. The number of carbonyl (C=O) groups excluding carboxylic acids is 2. The summed E-state index contributed by atoms with van der Waals surface area (Å²) < 4.78 is 34.9. The van der Waals surface area contributed by atoms with Crippen LogP contribution < -0.4 is 14.8 Å². The van der Waals surface area contributed by atoms with Gasteiger partial charge in [-0.15, -0.1) is 0 Å². The number of hydrogen-bond acceptors (Lipinski definition) is 6. The molecule has 1 aliphatic heterocycles. The van der Waals surface area contributed by atoms with Crippen LogP contribution in [0.2, 0.25) is 0 Å². The van der Waals surface area contributed by atoms with Gasteiger partial charge in [0.2, 0.25) is 0 Å². The first kappa shape index (κ1) is 29.9. The number of ether oxygens (including phenoxy) is 1. The molecule has 0 radical (unpaired) electrons. The number of rotatable bonds is 8. The number of urea groups is 1. The molecular formula is C30H36N4O6S. The minimum absolute atomic E-state index is 0.0960. The van der Waals surface area contributed by atoms with E-state index in [0.717, 1.165) is 5.56 Å². The summed E-state index contributed by atoms with van der Waals surface area (Å²) in [6.45, 7) is 5.76. The molecule has 0 bridgehead atoms. The number of hydrogen-bond donors (Lipinski definition) is 3. The molecule has 3 aromatic carbocycles. The molecule has 41 heavy (non-hydrogen) atoms. The van der Waals surface area contributed by atoms with Gasteiger partial charge < -0.3 is 25.0 Å². The zero-order valence-electron chi connectivity index (χ0n) is 23.6. The van der Waals surface area contributed by atoms with E-state index in [2.05, 4.69) is 10.0 Å². The zero-order valence-corrected chi connectivity index (χ0v) is 24.4. The average molecular weight is 581 g/mol. The lowest BCUT2D eigenvalue weighted by Gasteiger charge is -2.38. The fourth-order valence-electron chi connectivity index (χ4n) is 4.53. The maximum absolute atomic E-state index is 13.7. The third kappa shape index (κ3) is 7.17. The summed E-state index contributed by atoms with van der Waals surface area (Å²) in [5.74, 6) is -0.331. The summed E-state index contributed by atoms with van der Waals surface area (Å²) in [5.41, 5.74) is 1.94. The van der Waals surface area contributed by atoms with Crippen molar-refractivity contribution in [2.75, 3.05) is 36.8 Å². The molecule has 10 nitrogen and oxygen atoms in total. The summed E-state index contributed by atoms with van der Waals surface area (Å²) in [6.07, 6.45) is -0.503. The molecule has 1 aliphatic rings. The number of aryl methyl sites for hydroxylation is 1. The quantitative estimate of drug-likeness (QED) is 0.367. The van der Waals surface area contributed by atoms with E-state index < -0.39 is 28.1 Å². The van der Waals surface area contributed by atoms with Crippen molar-refractivity contribution in [2.45, 2.75) is 37.8 Å². The molecule has 218 valence electrons. The van der Waals surface area contributed by atoms with Crippen molar-refractivity contribution in [1.82, 2.24) is 9.80 Å². The number of para-hydroxylation sites is 1. The van der Waals surface area contributed by atoms with Gasteiger partial charge in [0, 0.05) is 30.9 Å². The number of likely N-dealkylation sites (N-methyl/N-ethyl adjacent to an activating group) is 1. The molecule has 3 amide bonds. The third-order valence-electron chi connectivity index (χ3n) is 7.07. The van der Waals surface area contributed by atoms with E-state index in [1.807, 2.05) is 32.0 Å².